The Morgan fingerprint density at radius 3 is 2.81 bits per heavy atom. The van der Waals surface area contributed by atoms with Crippen LogP contribution in [0.5, 0.6) is 5.75 Å². The first-order valence-electron chi connectivity index (χ1n) is 9.15. The maximum atomic E-state index is 12.3. The third kappa shape index (κ3) is 3.93. The Kier molecular flexibility index (Phi) is 5.03. The summed E-state index contributed by atoms with van der Waals surface area (Å²) in [6.07, 6.45) is 8.30. The minimum absolute atomic E-state index is 0.157. The number of aromatic amines is 1. The van der Waals surface area contributed by atoms with Crippen molar-refractivity contribution in [3.05, 3.63) is 75.2 Å². The van der Waals surface area contributed by atoms with Crippen molar-refractivity contribution in [2.45, 2.75) is 19.4 Å². The number of nitrogens with one attached hydrogen (secondary N) is 2. The third-order valence-electron chi connectivity index (χ3n) is 5.40. The van der Waals surface area contributed by atoms with E-state index in [0.29, 0.717) is 29.3 Å². The van der Waals surface area contributed by atoms with Crippen molar-refractivity contribution < 1.29 is 9.53 Å². The number of carbonyl (C=O) groups excluding carboxylic acids is 1. The molecule has 0 unspecified atom stereocenters. The Labute approximate surface area is 162 Å². The number of halogens is 1. The smallest absolute Gasteiger partial charge is 0.267 e. The van der Waals surface area contributed by atoms with Crippen molar-refractivity contribution in [3.8, 4) is 5.75 Å². The number of hydrogen-bond donors (Lipinski definition) is 2. The molecule has 1 saturated carbocycles. The van der Waals surface area contributed by atoms with Gasteiger partial charge in [-0.25, -0.2) is 0 Å². The minimum Gasteiger partial charge on any atom is -0.483 e. The first-order valence-corrected chi connectivity index (χ1v) is 9.53. The Morgan fingerprint density at radius 2 is 2.11 bits per heavy atom. The van der Waals surface area contributed by atoms with Gasteiger partial charge in [-0.15, -0.1) is 0 Å². The van der Waals surface area contributed by atoms with Crippen LogP contribution in [-0.4, -0.2) is 17.4 Å². The van der Waals surface area contributed by atoms with Crippen molar-refractivity contribution in [1.82, 2.24) is 10.3 Å². The molecular formula is C21H21ClN2O3. The average Bonchev–Trinajstić information content (AvgIpc) is 3.29. The van der Waals surface area contributed by atoms with Gasteiger partial charge in [0.2, 0.25) is 5.43 Å². The molecule has 1 aromatic heterocycles. The lowest BCUT2D eigenvalue weighted by molar-refractivity contribution is 0.0940. The molecule has 5 nitrogen and oxygen atoms in total. The van der Waals surface area contributed by atoms with E-state index < -0.39 is 0 Å². The number of aromatic nitrogens is 1. The van der Waals surface area contributed by atoms with Crippen LogP contribution in [0.25, 0.3) is 0 Å². The van der Waals surface area contributed by atoms with Gasteiger partial charge >= 0.3 is 0 Å². The second-order valence-electron chi connectivity index (χ2n) is 7.21. The topological polar surface area (TPSA) is 71.2 Å². The van der Waals surface area contributed by atoms with Crippen LogP contribution in [0, 0.1) is 17.8 Å². The Balaban J connectivity index is 1.35. The van der Waals surface area contributed by atoms with Crippen LogP contribution in [0.15, 0.2) is 53.5 Å². The van der Waals surface area contributed by atoms with E-state index in [2.05, 4.69) is 22.5 Å². The van der Waals surface area contributed by atoms with Gasteiger partial charge in [0.1, 0.15) is 12.3 Å². The second-order valence-corrected chi connectivity index (χ2v) is 7.61. The van der Waals surface area contributed by atoms with E-state index in [1.54, 1.807) is 6.07 Å². The SMILES string of the molecule is O=C(NC[C@H]1C[C@H]2C=C[C@H]1C2)c1cc(=O)c(OCc2ccccc2Cl)c[nH]1. The summed E-state index contributed by atoms with van der Waals surface area (Å²) in [4.78, 5) is 27.4. The van der Waals surface area contributed by atoms with Gasteiger partial charge < -0.3 is 15.0 Å². The number of hydrogen-bond acceptors (Lipinski definition) is 3. The molecule has 0 saturated heterocycles. The van der Waals surface area contributed by atoms with Crippen LogP contribution >= 0.6 is 11.6 Å². The van der Waals surface area contributed by atoms with Gasteiger partial charge in [-0.3, -0.25) is 9.59 Å². The number of fused-ring (bicyclic) bond motifs is 2. The molecule has 2 bridgehead atoms. The van der Waals surface area contributed by atoms with Gasteiger partial charge in [-0.1, -0.05) is 42.0 Å². The Morgan fingerprint density at radius 1 is 1.26 bits per heavy atom. The van der Waals surface area contributed by atoms with Crippen molar-refractivity contribution in [1.29, 1.82) is 0 Å². The summed E-state index contributed by atoms with van der Waals surface area (Å²) in [5, 5.41) is 3.52. The average molecular weight is 385 g/mol. The lowest BCUT2D eigenvalue weighted by Crippen LogP contribution is -2.32. The summed E-state index contributed by atoms with van der Waals surface area (Å²) in [7, 11) is 0. The zero-order valence-corrected chi connectivity index (χ0v) is 15.5. The quantitative estimate of drug-likeness (QED) is 0.748. The first kappa shape index (κ1) is 17.9. The number of pyridine rings is 1. The first-order chi connectivity index (χ1) is 13.1. The summed E-state index contributed by atoms with van der Waals surface area (Å²) in [6, 6.07) is 8.57. The van der Waals surface area contributed by atoms with Crippen molar-refractivity contribution in [2.24, 2.45) is 17.8 Å². The molecule has 0 radical (unpaired) electrons. The highest BCUT2D eigenvalue weighted by Crippen LogP contribution is 2.42. The molecule has 140 valence electrons. The number of benzene rings is 1. The number of carbonyl (C=O) groups is 1. The van der Waals surface area contributed by atoms with Crippen LogP contribution in [0.4, 0.5) is 0 Å². The molecule has 2 aliphatic carbocycles. The molecule has 3 atom stereocenters. The fraction of sp³-hybridized carbons (Fsp3) is 0.333. The van der Waals surface area contributed by atoms with Gasteiger partial charge in [0.05, 0.1) is 0 Å². The van der Waals surface area contributed by atoms with Crippen LogP contribution in [0.1, 0.15) is 28.9 Å². The highest BCUT2D eigenvalue weighted by Gasteiger charge is 2.35. The van der Waals surface area contributed by atoms with Gasteiger partial charge in [0, 0.05) is 29.4 Å². The maximum absolute atomic E-state index is 12.3. The van der Waals surface area contributed by atoms with Gasteiger partial charge in [-0.2, -0.15) is 0 Å². The normalized spacial score (nSPS) is 22.8. The fourth-order valence-electron chi connectivity index (χ4n) is 3.92. The molecule has 1 heterocycles. The minimum atomic E-state index is -0.339. The molecule has 27 heavy (non-hydrogen) atoms. The largest absolute Gasteiger partial charge is 0.483 e. The molecule has 1 aromatic carbocycles. The van der Waals surface area contributed by atoms with Crippen LogP contribution in [0.3, 0.4) is 0 Å². The van der Waals surface area contributed by atoms with Crippen LogP contribution in [-0.2, 0) is 6.61 Å². The number of ether oxygens (including phenoxy) is 1. The van der Waals surface area contributed by atoms with E-state index in [4.69, 9.17) is 16.3 Å². The molecular weight excluding hydrogens is 364 g/mol. The third-order valence-corrected chi connectivity index (χ3v) is 5.77. The molecule has 1 fully saturated rings. The van der Waals surface area contributed by atoms with Crippen LogP contribution < -0.4 is 15.5 Å². The standard InChI is InChI=1S/C21H21ClN2O3/c22-17-4-2-1-3-15(17)12-27-20-11-23-18(9-19(20)25)21(26)24-10-16-8-13-5-6-14(16)7-13/h1-6,9,11,13-14,16H,7-8,10,12H2,(H,23,25)(H,24,26)/t13-,14-,16+/m0/s1. The number of amides is 1. The molecule has 6 heteroatoms. The van der Waals surface area contributed by atoms with Crippen LogP contribution in [0.2, 0.25) is 5.02 Å². The highest BCUT2D eigenvalue weighted by molar-refractivity contribution is 6.31. The zero-order chi connectivity index (χ0) is 18.8. The van der Waals surface area contributed by atoms with Gasteiger partial charge in [0.25, 0.3) is 5.91 Å². The molecule has 0 spiro atoms. The van der Waals surface area contributed by atoms with E-state index in [0.717, 1.165) is 12.0 Å². The van der Waals surface area contributed by atoms with Crippen molar-refractivity contribution in [3.63, 3.8) is 0 Å². The Bertz CT molecular complexity index is 937. The number of rotatable bonds is 6. The number of allylic oxidation sites excluding steroid dienone is 2. The molecule has 0 aliphatic heterocycles. The highest BCUT2D eigenvalue weighted by atomic mass is 35.5. The van der Waals surface area contributed by atoms with E-state index in [9.17, 15) is 9.59 Å². The van der Waals surface area contributed by atoms with Crippen molar-refractivity contribution >= 4 is 17.5 Å². The van der Waals surface area contributed by atoms with Gasteiger partial charge in [-0.05, 0) is 36.7 Å². The summed E-state index contributed by atoms with van der Waals surface area (Å²) < 4.78 is 5.55. The fourth-order valence-corrected chi connectivity index (χ4v) is 4.11. The molecule has 1 amide bonds. The van der Waals surface area contributed by atoms with Crippen molar-refractivity contribution in [2.75, 3.05) is 6.54 Å². The van der Waals surface area contributed by atoms with Gasteiger partial charge in [0.15, 0.2) is 5.75 Å². The molecule has 2 aliphatic rings. The summed E-state index contributed by atoms with van der Waals surface area (Å²) in [5.41, 5.74) is 0.693. The van der Waals surface area contributed by atoms with E-state index in [-0.39, 0.29) is 29.4 Å². The second kappa shape index (κ2) is 7.61. The molecule has 4 rings (SSSR count). The maximum Gasteiger partial charge on any atom is 0.267 e. The van der Waals surface area contributed by atoms with E-state index in [1.807, 2.05) is 18.2 Å². The predicted octanol–water partition coefficient (Wildman–Crippen LogP) is 3.55. The van der Waals surface area contributed by atoms with E-state index in [1.165, 1.54) is 18.7 Å². The zero-order valence-electron chi connectivity index (χ0n) is 14.8. The lowest BCUT2D eigenvalue weighted by atomic mass is 9.93. The lowest BCUT2D eigenvalue weighted by Gasteiger charge is -2.18. The predicted molar refractivity (Wildman–Crippen MR) is 104 cm³/mol. The monoisotopic (exact) mass is 384 g/mol. The van der Waals surface area contributed by atoms with E-state index >= 15 is 0 Å². The summed E-state index contributed by atoms with van der Waals surface area (Å²) in [5.74, 6) is 1.64. The summed E-state index contributed by atoms with van der Waals surface area (Å²) >= 11 is 6.09. The molecule has 2 aromatic rings. The Hall–Kier alpha value is -2.53. The number of H-pyrrole nitrogens is 1. The molecule has 2 N–H and O–H groups in total. The summed E-state index contributed by atoms with van der Waals surface area (Å²) in [6.45, 7) is 0.823.